The maximum Gasteiger partial charge on any atom is -0.0488 e. The van der Waals surface area contributed by atoms with Gasteiger partial charge in [0, 0.05) is 0 Å². The Morgan fingerprint density at radius 3 is 1.60 bits per heavy atom. The average molecular weight is 471 g/mol. The summed E-state index contributed by atoms with van der Waals surface area (Å²) in [6, 6.07) is 15.2. The van der Waals surface area contributed by atoms with Crippen LogP contribution in [0.5, 0.6) is 0 Å². The molecule has 0 spiro atoms. The van der Waals surface area contributed by atoms with Crippen molar-refractivity contribution in [2.45, 2.75) is 47.7 Å². The van der Waals surface area contributed by atoms with Crippen LogP contribution in [0.25, 0.3) is 10.8 Å². The van der Waals surface area contributed by atoms with E-state index in [2.05, 4.69) is 90.2 Å². The predicted molar refractivity (Wildman–Crippen MR) is 103 cm³/mol. The summed E-state index contributed by atoms with van der Waals surface area (Å²) in [5.41, 5.74) is 7.11. The molecule has 0 bridgehead atoms. The minimum absolute atomic E-state index is 0. The Kier molecular flexibility index (Phi) is 14.2. The number of fused-ring (bicyclic) bond motifs is 1. The Bertz CT molecular complexity index is 725. The summed E-state index contributed by atoms with van der Waals surface area (Å²) in [6.45, 7) is 15.3. The molecule has 0 N–H and O–H groups in total. The standard InChI is InChI=1S/C12H13.C7H9.C2H6Si.2ClH.Zr/c1-8-6-11-9(2)4-5-10(3)12(11)7-8;1-6-4-3-5-7(6)2;1-3-2;;;/h4-7H,1-3H3;3-5H,1-2H3;1-2H3;2*1H;/q2*-1;;;;+2/p-2. The molecule has 136 valence electrons. The Labute approximate surface area is 181 Å². The fourth-order valence-electron chi connectivity index (χ4n) is 2.33. The van der Waals surface area contributed by atoms with Gasteiger partial charge in [0.2, 0.25) is 0 Å². The number of hydrogen-bond acceptors (Lipinski definition) is 0. The van der Waals surface area contributed by atoms with Crippen LogP contribution in [-0.2, 0) is 23.3 Å². The Hall–Kier alpha value is -0.140. The van der Waals surface area contributed by atoms with Gasteiger partial charge in [0.05, 0.1) is 0 Å². The summed E-state index contributed by atoms with van der Waals surface area (Å²) in [5, 5.41) is 2.82. The Morgan fingerprint density at radius 1 is 0.800 bits per heavy atom. The minimum atomic E-state index is 0. The minimum Gasteiger partial charge on any atom is -1.00 e. The van der Waals surface area contributed by atoms with Crippen molar-refractivity contribution in [1.82, 2.24) is 0 Å². The van der Waals surface area contributed by atoms with E-state index in [-0.39, 0.29) is 30.2 Å². The van der Waals surface area contributed by atoms with Crippen LogP contribution in [0.15, 0.2) is 42.5 Å². The molecule has 0 atom stereocenters. The fourth-order valence-corrected chi connectivity index (χ4v) is 2.33. The van der Waals surface area contributed by atoms with E-state index in [4.69, 9.17) is 0 Å². The van der Waals surface area contributed by atoms with Gasteiger partial charge in [-0.15, -0.1) is 34.0 Å². The summed E-state index contributed by atoms with van der Waals surface area (Å²) in [5.74, 6) is 0. The zero-order chi connectivity index (χ0) is 17.6. The largest absolute Gasteiger partial charge is 1.00 e. The molecule has 0 aliphatic carbocycles. The monoisotopic (exact) mass is 468 g/mol. The van der Waals surface area contributed by atoms with Crippen molar-refractivity contribution in [2.75, 3.05) is 0 Å². The second-order valence-corrected chi connectivity index (χ2v) is 15.8. The zero-order valence-electron chi connectivity index (χ0n) is 16.3. The third kappa shape index (κ3) is 9.38. The molecule has 4 heteroatoms. The van der Waals surface area contributed by atoms with E-state index in [1.807, 2.05) is 0 Å². The SMILES string of the molecule is C[Si](C)=[Zr+2].Cc1c[cH-]cc1C.Cc1cc2c(C)ccc(C)c2[cH-]1.[Cl-].[Cl-]. The number of aryl methyl sites for hydroxylation is 5. The molecule has 3 rings (SSSR count). The normalized spacial score (nSPS) is 9.00. The molecule has 25 heavy (non-hydrogen) atoms. The van der Waals surface area contributed by atoms with Gasteiger partial charge < -0.3 is 24.8 Å². The molecule has 0 fully saturated rings. The molecule has 0 aliphatic rings. The molecule has 3 aromatic carbocycles. The first-order valence-corrected chi connectivity index (χ1v) is 14.2. The molecule has 3 aromatic rings. The van der Waals surface area contributed by atoms with Crippen LogP contribution in [0.3, 0.4) is 0 Å². The smallest absolute Gasteiger partial charge is 0.0488 e. The van der Waals surface area contributed by atoms with Crippen molar-refractivity contribution in [3.8, 4) is 0 Å². The van der Waals surface area contributed by atoms with Crippen LogP contribution < -0.4 is 24.8 Å². The first kappa shape index (κ1) is 27.1. The van der Waals surface area contributed by atoms with Crippen LogP contribution in [-0.4, -0.2) is 5.43 Å². The van der Waals surface area contributed by atoms with E-state index < -0.39 is 0 Å². The molecular formula is C21H28Cl2SiZr-2. The van der Waals surface area contributed by atoms with Crippen molar-refractivity contribution < 1.29 is 48.1 Å². The van der Waals surface area contributed by atoms with Crippen LogP contribution in [0.2, 0.25) is 13.1 Å². The summed E-state index contributed by atoms with van der Waals surface area (Å²) >= 11 is 1.74. The van der Waals surface area contributed by atoms with Gasteiger partial charge in [-0.05, 0) is 6.92 Å². The van der Waals surface area contributed by atoms with Crippen LogP contribution in [0, 0.1) is 34.6 Å². The quantitative estimate of drug-likeness (QED) is 0.328. The summed E-state index contributed by atoms with van der Waals surface area (Å²) < 4.78 is 0. The van der Waals surface area contributed by atoms with Crippen LogP contribution in [0.1, 0.15) is 27.8 Å². The Balaban J connectivity index is 0. The van der Waals surface area contributed by atoms with E-state index >= 15 is 0 Å². The second-order valence-electron chi connectivity index (χ2n) is 6.45. The first-order chi connectivity index (χ1) is 10.7. The van der Waals surface area contributed by atoms with E-state index in [1.54, 1.807) is 23.3 Å². The third-order valence-electron chi connectivity index (χ3n) is 3.78. The molecule has 0 unspecified atom stereocenters. The molecule has 0 aliphatic heterocycles. The molecular weight excluding hydrogens is 442 g/mol. The molecule has 0 saturated carbocycles. The van der Waals surface area contributed by atoms with Gasteiger partial charge in [-0.25, -0.2) is 0 Å². The Morgan fingerprint density at radius 2 is 1.24 bits per heavy atom. The van der Waals surface area contributed by atoms with Crippen LogP contribution in [0.4, 0.5) is 0 Å². The second kappa shape index (κ2) is 13.1. The summed E-state index contributed by atoms with van der Waals surface area (Å²) in [6.07, 6.45) is 0. The maximum atomic E-state index is 2.31. The van der Waals surface area contributed by atoms with Gasteiger partial charge in [-0.2, -0.15) is 35.4 Å². The number of hydrogen-bond donors (Lipinski definition) is 0. The topological polar surface area (TPSA) is 0 Å². The summed E-state index contributed by atoms with van der Waals surface area (Å²) in [7, 11) is 0. The molecule has 0 amide bonds. The van der Waals surface area contributed by atoms with Crippen molar-refractivity contribution in [3.05, 3.63) is 70.3 Å². The third-order valence-corrected chi connectivity index (χ3v) is 3.78. The van der Waals surface area contributed by atoms with E-state index in [0.717, 1.165) is 0 Å². The average Bonchev–Trinajstić information content (AvgIpc) is 3.02. The number of rotatable bonds is 0. The molecule has 0 radical (unpaired) electrons. The van der Waals surface area contributed by atoms with Crippen molar-refractivity contribution >= 4 is 16.2 Å². The predicted octanol–water partition coefficient (Wildman–Crippen LogP) is 0.299. The number of halogens is 2. The van der Waals surface area contributed by atoms with Gasteiger partial charge in [0.1, 0.15) is 0 Å². The van der Waals surface area contributed by atoms with Gasteiger partial charge >= 0.3 is 41.9 Å². The van der Waals surface area contributed by atoms with E-state index in [1.165, 1.54) is 38.6 Å². The van der Waals surface area contributed by atoms with Crippen molar-refractivity contribution in [3.63, 3.8) is 0 Å². The van der Waals surface area contributed by atoms with E-state index in [9.17, 15) is 0 Å². The molecule has 0 saturated heterocycles. The van der Waals surface area contributed by atoms with Gasteiger partial charge in [-0.1, -0.05) is 39.3 Å². The van der Waals surface area contributed by atoms with Crippen molar-refractivity contribution in [1.29, 1.82) is 0 Å². The van der Waals surface area contributed by atoms with Gasteiger partial charge in [-0.3, -0.25) is 0 Å². The van der Waals surface area contributed by atoms with Gasteiger partial charge in [0.25, 0.3) is 0 Å². The fraction of sp³-hybridized carbons (Fsp3) is 0.333. The van der Waals surface area contributed by atoms with E-state index in [0.29, 0.717) is 0 Å². The zero-order valence-corrected chi connectivity index (χ0v) is 21.3. The summed E-state index contributed by atoms with van der Waals surface area (Å²) in [4.78, 5) is 0. The van der Waals surface area contributed by atoms with Crippen LogP contribution >= 0.6 is 0 Å². The molecule has 0 nitrogen and oxygen atoms in total. The van der Waals surface area contributed by atoms with Crippen molar-refractivity contribution in [2.24, 2.45) is 0 Å². The number of benzene rings is 1. The molecule has 0 heterocycles. The maximum absolute atomic E-state index is 2.31. The first-order valence-electron chi connectivity index (χ1n) is 8.06. The van der Waals surface area contributed by atoms with Gasteiger partial charge in [0.15, 0.2) is 0 Å². The molecule has 0 aromatic heterocycles.